The maximum Gasteiger partial charge on any atom is 0.336 e. The number of nitrogens with two attached hydrogens (primary N) is 1. The van der Waals surface area contributed by atoms with E-state index in [2.05, 4.69) is 10.3 Å². The molecule has 3 N–H and O–H groups in total. The lowest BCUT2D eigenvalue weighted by Crippen LogP contribution is -2.32. The zero-order valence-corrected chi connectivity index (χ0v) is 19.0. The van der Waals surface area contributed by atoms with E-state index in [1.165, 1.54) is 44.8 Å². The summed E-state index contributed by atoms with van der Waals surface area (Å²) in [5, 5.41) is 14.4. The number of nitrogens with one attached hydrogen (secondary N) is 1. The van der Waals surface area contributed by atoms with Gasteiger partial charge in [-0.1, -0.05) is 18.2 Å². The molecule has 0 fully saturated rings. The summed E-state index contributed by atoms with van der Waals surface area (Å²) in [5.74, 6) is -2.75. The number of aromatic nitrogens is 1. The number of benzene rings is 1. The average molecular weight is 468 g/mol. The van der Waals surface area contributed by atoms with Crippen LogP contribution in [0.1, 0.15) is 35.7 Å². The van der Waals surface area contributed by atoms with Gasteiger partial charge in [-0.05, 0) is 26.0 Å². The van der Waals surface area contributed by atoms with Crippen LogP contribution in [0, 0.1) is 10.1 Å². The van der Waals surface area contributed by atoms with Gasteiger partial charge in [0, 0.05) is 41.0 Å². The molecule has 11 nitrogen and oxygen atoms in total. The van der Waals surface area contributed by atoms with Crippen LogP contribution < -0.4 is 11.1 Å². The highest BCUT2D eigenvalue weighted by atomic mass is 16.6. The molecule has 0 aliphatic carbocycles. The molecule has 1 aliphatic heterocycles. The molecule has 0 saturated carbocycles. The van der Waals surface area contributed by atoms with Gasteiger partial charge < -0.3 is 20.5 Å². The fourth-order valence-corrected chi connectivity index (χ4v) is 3.48. The van der Waals surface area contributed by atoms with Gasteiger partial charge in [-0.3, -0.25) is 19.9 Å². The number of primary amides is 1. The first kappa shape index (κ1) is 25.7. The van der Waals surface area contributed by atoms with Crippen LogP contribution in [0.3, 0.4) is 0 Å². The van der Waals surface area contributed by atoms with Crippen LogP contribution in [0.2, 0.25) is 0 Å². The lowest BCUT2D eigenvalue weighted by atomic mass is 9.79. The third-order valence-corrected chi connectivity index (χ3v) is 4.98. The number of para-hydroxylation sites is 1. The van der Waals surface area contributed by atoms with Crippen LogP contribution >= 0.6 is 0 Å². The summed E-state index contributed by atoms with van der Waals surface area (Å²) >= 11 is 0. The van der Waals surface area contributed by atoms with Crippen LogP contribution in [-0.4, -0.2) is 42.0 Å². The highest BCUT2D eigenvalue weighted by Gasteiger charge is 2.40. The Morgan fingerprint density at radius 1 is 0.971 bits per heavy atom. The minimum Gasteiger partial charge on any atom is -0.466 e. The Balaban J connectivity index is 0.000000379. The van der Waals surface area contributed by atoms with E-state index in [4.69, 9.17) is 15.2 Å². The first-order chi connectivity index (χ1) is 16.1. The Kier molecular flexibility index (Phi) is 8.59. The maximum atomic E-state index is 12.3. The molecule has 3 rings (SSSR count). The number of carbonyl (C=O) groups excluding carboxylic acids is 3. The molecule has 0 radical (unpaired) electrons. The van der Waals surface area contributed by atoms with Crippen molar-refractivity contribution in [3.63, 3.8) is 0 Å². The Morgan fingerprint density at radius 2 is 1.47 bits per heavy atom. The van der Waals surface area contributed by atoms with Crippen molar-refractivity contribution in [2.75, 3.05) is 14.2 Å². The maximum absolute atomic E-state index is 12.3. The average Bonchev–Trinajstić information content (AvgIpc) is 2.83. The number of nitrogens with zero attached hydrogens (tertiary/aromatic N) is 2. The minimum atomic E-state index is -0.970. The van der Waals surface area contributed by atoms with Gasteiger partial charge in [0.15, 0.2) is 0 Å². The SMILES string of the molecule is COC(=O)C1=C(C)NC(C)=C(C(=O)OC)C1c1ccccc1[N+](=O)[O-].NC(=O)c1ccncc1. The molecule has 1 aromatic carbocycles. The monoisotopic (exact) mass is 468 g/mol. The molecule has 1 amide bonds. The predicted octanol–water partition coefficient (Wildman–Crippen LogP) is 2.36. The van der Waals surface area contributed by atoms with Crippen LogP contribution in [0.4, 0.5) is 5.69 Å². The minimum absolute atomic E-state index is 0.128. The number of ether oxygens (including phenoxy) is 2. The third kappa shape index (κ3) is 5.63. The van der Waals surface area contributed by atoms with Crippen molar-refractivity contribution < 1.29 is 28.8 Å². The normalized spacial score (nSPS) is 13.3. The highest BCUT2D eigenvalue weighted by Crippen LogP contribution is 2.42. The summed E-state index contributed by atoms with van der Waals surface area (Å²) in [6.45, 7) is 3.29. The summed E-state index contributed by atoms with van der Waals surface area (Å²) < 4.78 is 9.66. The number of dihydropyridines is 1. The Bertz CT molecular complexity index is 1130. The van der Waals surface area contributed by atoms with E-state index in [1.54, 1.807) is 32.0 Å². The van der Waals surface area contributed by atoms with Crippen molar-refractivity contribution in [3.05, 3.63) is 92.6 Å². The zero-order chi connectivity index (χ0) is 25.4. The molecule has 0 bridgehead atoms. The molecular formula is C23H24N4O7. The molecule has 0 unspecified atom stereocenters. The molecule has 0 saturated heterocycles. The smallest absolute Gasteiger partial charge is 0.336 e. The molecule has 2 heterocycles. The summed E-state index contributed by atoms with van der Waals surface area (Å²) in [7, 11) is 2.42. The number of amides is 1. The van der Waals surface area contributed by atoms with E-state index in [1.807, 2.05) is 0 Å². The third-order valence-electron chi connectivity index (χ3n) is 4.98. The van der Waals surface area contributed by atoms with Gasteiger partial charge in [0.25, 0.3) is 5.69 Å². The van der Waals surface area contributed by atoms with E-state index in [0.29, 0.717) is 17.0 Å². The second kappa shape index (κ2) is 11.4. The number of hydrogen-bond donors (Lipinski definition) is 2. The number of rotatable bonds is 5. The molecule has 2 aromatic rings. The van der Waals surface area contributed by atoms with Crippen molar-refractivity contribution in [1.29, 1.82) is 0 Å². The van der Waals surface area contributed by atoms with E-state index in [-0.39, 0.29) is 22.4 Å². The van der Waals surface area contributed by atoms with Crippen molar-refractivity contribution in [3.8, 4) is 0 Å². The Labute approximate surface area is 195 Å². The lowest BCUT2D eigenvalue weighted by molar-refractivity contribution is -0.385. The fourth-order valence-electron chi connectivity index (χ4n) is 3.48. The van der Waals surface area contributed by atoms with E-state index >= 15 is 0 Å². The standard InChI is InChI=1S/C17H18N2O6.C6H6N2O/c1-9-13(16(20)24-3)15(14(10(2)18-9)17(21)25-4)11-7-5-6-8-12(11)19(22)23;7-6(9)5-1-3-8-4-2-5/h5-8,15,18H,1-4H3;1-4H,(H2,7,9). The Hall–Kier alpha value is -4.54. The van der Waals surface area contributed by atoms with Crippen molar-refractivity contribution in [2.45, 2.75) is 19.8 Å². The van der Waals surface area contributed by atoms with Gasteiger partial charge in [0.1, 0.15) is 0 Å². The topological polar surface area (TPSA) is 164 Å². The number of allylic oxidation sites excluding steroid dienone is 2. The number of carbonyl (C=O) groups is 3. The van der Waals surface area contributed by atoms with Gasteiger partial charge in [-0.25, -0.2) is 9.59 Å². The molecule has 0 spiro atoms. The lowest BCUT2D eigenvalue weighted by Gasteiger charge is -2.29. The number of esters is 2. The second-order valence-corrected chi connectivity index (χ2v) is 7.03. The first-order valence-corrected chi connectivity index (χ1v) is 9.92. The van der Waals surface area contributed by atoms with Crippen LogP contribution in [0.5, 0.6) is 0 Å². The number of nitro benzene ring substituents is 1. The number of methoxy groups -OCH3 is 2. The molecule has 1 aliphatic rings. The fraction of sp³-hybridized carbons (Fsp3) is 0.217. The molecule has 34 heavy (non-hydrogen) atoms. The second-order valence-electron chi connectivity index (χ2n) is 7.03. The molecule has 11 heteroatoms. The van der Waals surface area contributed by atoms with E-state index in [0.717, 1.165) is 0 Å². The van der Waals surface area contributed by atoms with Crippen LogP contribution in [0.15, 0.2) is 71.3 Å². The van der Waals surface area contributed by atoms with E-state index < -0.39 is 28.7 Å². The van der Waals surface area contributed by atoms with Gasteiger partial charge in [0.05, 0.1) is 36.2 Å². The number of hydrogen-bond acceptors (Lipinski definition) is 9. The summed E-state index contributed by atoms with van der Waals surface area (Å²) in [4.78, 5) is 49.7. The number of nitro groups is 1. The van der Waals surface area contributed by atoms with Crippen molar-refractivity contribution in [2.24, 2.45) is 5.73 Å². The van der Waals surface area contributed by atoms with Gasteiger partial charge in [0.2, 0.25) is 5.91 Å². The summed E-state index contributed by atoms with van der Waals surface area (Å²) in [5.41, 5.74) is 6.63. The zero-order valence-electron chi connectivity index (χ0n) is 19.0. The largest absolute Gasteiger partial charge is 0.466 e. The Morgan fingerprint density at radius 3 is 1.88 bits per heavy atom. The summed E-state index contributed by atoms with van der Waals surface area (Å²) in [6, 6.07) is 9.11. The van der Waals surface area contributed by atoms with E-state index in [9.17, 15) is 24.5 Å². The molecular weight excluding hydrogens is 444 g/mol. The van der Waals surface area contributed by atoms with Gasteiger partial charge in [-0.2, -0.15) is 0 Å². The number of pyridine rings is 1. The van der Waals surface area contributed by atoms with Crippen LogP contribution in [0.25, 0.3) is 0 Å². The molecule has 1 aromatic heterocycles. The first-order valence-electron chi connectivity index (χ1n) is 9.92. The van der Waals surface area contributed by atoms with Gasteiger partial charge in [-0.15, -0.1) is 0 Å². The van der Waals surface area contributed by atoms with Crippen molar-refractivity contribution >= 4 is 23.5 Å². The quantitative estimate of drug-likeness (QED) is 0.381. The van der Waals surface area contributed by atoms with Gasteiger partial charge >= 0.3 is 11.9 Å². The summed E-state index contributed by atoms with van der Waals surface area (Å²) in [6.07, 6.45) is 3.06. The molecule has 0 atom stereocenters. The van der Waals surface area contributed by atoms with Crippen LogP contribution in [-0.2, 0) is 19.1 Å². The van der Waals surface area contributed by atoms with Crippen molar-refractivity contribution in [1.82, 2.24) is 10.3 Å². The molecule has 178 valence electrons. The highest BCUT2D eigenvalue weighted by molar-refractivity contribution is 6.00. The predicted molar refractivity (Wildman–Crippen MR) is 121 cm³/mol.